The smallest absolute Gasteiger partial charge is 0.319 e. The first-order chi connectivity index (χ1) is 8.19. The molecular weight excluding hydrogens is 218 g/mol. The molecule has 0 heterocycles. The molecule has 0 saturated heterocycles. The van der Waals surface area contributed by atoms with Crippen molar-refractivity contribution in [2.24, 2.45) is 5.73 Å². The van der Waals surface area contributed by atoms with E-state index in [9.17, 15) is 4.79 Å². The van der Waals surface area contributed by atoms with Gasteiger partial charge >= 0.3 is 6.03 Å². The minimum absolute atomic E-state index is 0.188. The SMILES string of the molecule is COc1ccccc1NC(=O)NC1(CN)CC1. The van der Waals surface area contributed by atoms with E-state index in [4.69, 9.17) is 10.5 Å². The number of carbonyl (C=O) groups excluding carboxylic acids is 1. The van der Waals surface area contributed by atoms with Crippen molar-refractivity contribution in [2.75, 3.05) is 19.0 Å². The van der Waals surface area contributed by atoms with Crippen molar-refractivity contribution in [3.05, 3.63) is 24.3 Å². The molecule has 0 aromatic heterocycles. The van der Waals surface area contributed by atoms with Gasteiger partial charge in [-0.3, -0.25) is 0 Å². The molecular formula is C12H17N3O2. The van der Waals surface area contributed by atoms with Crippen LogP contribution < -0.4 is 21.1 Å². The summed E-state index contributed by atoms with van der Waals surface area (Å²) in [4.78, 5) is 11.8. The van der Waals surface area contributed by atoms with E-state index in [1.165, 1.54) is 0 Å². The van der Waals surface area contributed by atoms with Crippen molar-refractivity contribution < 1.29 is 9.53 Å². The second-order valence-electron chi connectivity index (χ2n) is 4.26. The lowest BCUT2D eigenvalue weighted by Gasteiger charge is -2.16. The number of carbonyl (C=O) groups is 1. The van der Waals surface area contributed by atoms with Crippen LogP contribution >= 0.6 is 0 Å². The van der Waals surface area contributed by atoms with Gasteiger partial charge in [-0.05, 0) is 25.0 Å². The average Bonchev–Trinajstić information content (AvgIpc) is 3.10. The zero-order valence-electron chi connectivity index (χ0n) is 9.82. The molecule has 92 valence electrons. The highest BCUT2D eigenvalue weighted by Crippen LogP contribution is 2.34. The molecule has 1 aliphatic rings. The van der Waals surface area contributed by atoms with Crippen molar-refractivity contribution in [2.45, 2.75) is 18.4 Å². The Labute approximate surface area is 100 Å². The fourth-order valence-corrected chi connectivity index (χ4v) is 1.67. The van der Waals surface area contributed by atoms with Crippen molar-refractivity contribution in [3.63, 3.8) is 0 Å². The van der Waals surface area contributed by atoms with E-state index < -0.39 is 0 Å². The normalized spacial score (nSPS) is 16.1. The summed E-state index contributed by atoms with van der Waals surface area (Å²) in [6, 6.07) is 7.04. The maximum atomic E-state index is 11.8. The number of hydrogen-bond donors (Lipinski definition) is 3. The first kappa shape index (κ1) is 11.7. The number of amides is 2. The molecule has 0 atom stereocenters. The molecule has 2 amide bonds. The summed E-state index contributed by atoms with van der Waals surface area (Å²) in [5.41, 5.74) is 6.06. The van der Waals surface area contributed by atoms with E-state index >= 15 is 0 Å². The number of nitrogens with two attached hydrogens (primary N) is 1. The number of hydrogen-bond acceptors (Lipinski definition) is 3. The Balaban J connectivity index is 1.98. The lowest BCUT2D eigenvalue weighted by atomic mass is 10.3. The van der Waals surface area contributed by atoms with Crippen LogP contribution in [0.3, 0.4) is 0 Å². The van der Waals surface area contributed by atoms with E-state index in [1.54, 1.807) is 19.2 Å². The summed E-state index contributed by atoms with van der Waals surface area (Å²) in [5.74, 6) is 0.639. The molecule has 5 heteroatoms. The maximum Gasteiger partial charge on any atom is 0.319 e. The van der Waals surface area contributed by atoms with Crippen LogP contribution in [0.15, 0.2) is 24.3 Å². The number of benzene rings is 1. The summed E-state index contributed by atoms with van der Waals surface area (Å²) in [6.07, 6.45) is 1.89. The van der Waals surface area contributed by atoms with Crippen LogP contribution in [-0.4, -0.2) is 25.2 Å². The van der Waals surface area contributed by atoms with Gasteiger partial charge in [0.1, 0.15) is 5.75 Å². The lowest BCUT2D eigenvalue weighted by molar-refractivity contribution is 0.247. The Kier molecular flexibility index (Phi) is 3.19. The molecule has 1 saturated carbocycles. The summed E-state index contributed by atoms with van der Waals surface area (Å²) >= 11 is 0. The Hall–Kier alpha value is -1.75. The molecule has 2 rings (SSSR count). The molecule has 1 fully saturated rings. The topological polar surface area (TPSA) is 76.4 Å². The van der Waals surface area contributed by atoms with Gasteiger partial charge in [-0.25, -0.2) is 4.79 Å². The monoisotopic (exact) mass is 235 g/mol. The molecule has 5 nitrogen and oxygen atoms in total. The predicted molar refractivity (Wildman–Crippen MR) is 66.2 cm³/mol. The highest BCUT2D eigenvalue weighted by Gasteiger charge is 2.42. The maximum absolute atomic E-state index is 11.8. The zero-order valence-corrected chi connectivity index (χ0v) is 9.82. The molecule has 0 unspecified atom stereocenters. The van der Waals surface area contributed by atoms with Gasteiger partial charge in [0.15, 0.2) is 0 Å². The van der Waals surface area contributed by atoms with Crippen molar-refractivity contribution in [3.8, 4) is 5.75 Å². The van der Waals surface area contributed by atoms with Crippen LogP contribution in [0.5, 0.6) is 5.75 Å². The Bertz CT molecular complexity index is 416. The summed E-state index contributed by atoms with van der Waals surface area (Å²) < 4.78 is 5.15. The van der Waals surface area contributed by atoms with E-state index in [0.29, 0.717) is 18.0 Å². The highest BCUT2D eigenvalue weighted by molar-refractivity contribution is 5.91. The first-order valence-corrected chi connectivity index (χ1v) is 5.61. The Morgan fingerprint density at radius 2 is 2.18 bits per heavy atom. The largest absolute Gasteiger partial charge is 0.495 e. The molecule has 4 N–H and O–H groups in total. The highest BCUT2D eigenvalue weighted by atomic mass is 16.5. The van der Waals surface area contributed by atoms with Crippen LogP contribution in [0.1, 0.15) is 12.8 Å². The van der Waals surface area contributed by atoms with Gasteiger partial charge in [0.05, 0.1) is 18.3 Å². The van der Waals surface area contributed by atoms with Crippen LogP contribution in [-0.2, 0) is 0 Å². The van der Waals surface area contributed by atoms with Crippen molar-refractivity contribution in [1.29, 1.82) is 0 Å². The quantitative estimate of drug-likeness (QED) is 0.736. The van der Waals surface area contributed by atoms with Gasteiger partial charge in [-0.2, -0.15) is 0 Å². The van der Waals surface area contributed by atoms with Gasteiger partial charge in [0.2, 0.25) is 0 Å². The number of rotatable bonds is 4. The molecule has 0 bridgehead atoms. The lowest BCUT2D eigenvalue weighted by Crippen LogP contribution is -2.44. The Morgan fingerprint density at radius 3 is 2.76 bits per heavy atom. The van der Waals surface area contributed by atoms with Gasteiger partial charge < -0.3 is 21.1 Å². The fourth-order valence-electron chi connectivity index (χ4n) is 1.67. The number of methoxy groups -OCH3 is 1. The number of ether oxygens (including phenoxy) is 1. The third-order valence-corrected chi connectivity index (χ3v) is 2.98. The van der Waals surface area contributed by atoms with E-state index in [-0.39, 0.29) is 11.6 Å². The molecule has 0 aliphatic heterocycles. The van der Waals surface area contributed by atoms with Crippen molar-refractivity contribution in [1.82, 2.24) is 5.32 Å². The predicted octanol–water partition coefficient (Wildman–Crippen LogP) is 1.31. The number of nitrogens with one attached hydrogen (secondary N) is 2. The van der Waals surface area contributed by atoms with Gasteiger partial charge in [0.25, 0.3) is 0 Å². The van der Waals surface area contributed by atoms with Gasteiger partial charge in [-0.15, -0.1) is 0 Å². The zero-order chi connectivity index (χ0) is 12.3. The summed E-state index contributed by atoms with van der Waals surface area (Å²) in [5, 5.41) is 5.65. The van der Waals surface area contributed by atoms with Crippen LogP contribution in [0.4, 0.5) is 10.5 Å². The standard InChI is InChI=1S/C12H17N3O2/c1-17-10-5-3-2-4-9(10)14-11(16)15-12(8-13)6-7-12/h2-5H,6-8,13H2,1H3,(H2,14,15,16). The second kappa shape index (κ2) is 4.63. The number of para-hydroxylation sites is 2. The van der Waals surface area contributed by atoms with E-state index in [0.717, 1.165) is 12.8 Å². The van der Waals surface area contributed by atoms with Gasteiger partial charge in [0, 0.05) is 6.54 Å². The average molecular weight is 235 g/mol. The van der Waals surface area contributed by atoms with E-state index in [1.807, 2.05) is 12.1 Å². The van der Waals surface area contributed by atoms with Crippen LogP contribution in [0, 0.1) is 0 Å². The minimum atomic E-state index is -0.238. The van der Waals surface area contributed by atoms with Crippen molar-refractivity contribution >= 4 is 11.7 Å². The molecule has 0 radical (unpaired) electrons. The fraction of sp³-hybridized carbons (Fsp3) is 0.417. The van der Waals surface area contributed by atoms with E-state index in [2.05, 4.69) is 10.6 Å². The van der Waals surface area contributed by atoms with Crippen LogP contribution in [0.25, 0.3) is 0 Å². The first-order valence-electron chi connectivity index (χ1n) is 5.61. The third kappa shape index (κ3) is 2.68. The summed E-state index contributed by atoms with van der Waals surface area (Å²) in [6.45, 7) is 0.479. The molecule has 1 aromatic rings. The van der Waals surface area contributed by atoms with Crippen LogP contribution in [0.2, 0.25) is 0 Å². The molecule has 1 aromatic carbocycles. The number of urea groups is 1. The number of anilines is 1. The third-order valence-electron chi connectivity index (χ3n) is 2.98. The van der Waals surface area contributed by atoms with Gasteiger partial charge in [-0.1, -0.05) is 12.1 Å². The second-order valence-corrected chi connectivity index (χ2v) is 4.26. The molecule has 0 spiro atoms. The Morgan fingerprint density at radius 1 is 1.47 bits per heavy atom. The molecule has 1 aliphatic carbocycles. The minimum Gasteiger partial charge on any atom is -0.495 e. The molecule has 17 heavy (non-hydrogen) atoms. The summed E-state index contributed by atoms with van der Waals surface area (Å²) in [7, 11) is 1.57.